The number of carboxylic acids is 1. The Morgan fingerprint density at radius 3 is 2.06 bits per heavy atom. The summed E-state index contributed by atoms with van der Waals surface area (Å²) in [5.41, 5.74) is 29.6. The standard InChI is InChI=1S/C29H43N13O5/c30-19(6-3-9-36-28(31)32)24(43)40-21(8-4-10-37-29(33)34)25(44)41-22(11-16-13-38-20-7-2-1-5-18(16)20)26(45)42-23(27(46)47)12-17-14-35-15-39-17/h1-2,5,7,13-15,19,21-23,38H,3-4,6,8-12,30H2,(H,35,39)(H,40,43)(H,41,44)(H,42,45)(H,46,47)(H4,31,32,36)(H4,33,34,37). The Balaban J connectivity index is 1.82. The summed E-state index contributed by atoms with van der Waals surface area (Å²) in [6.45, 7) is 0.452. The Morgan fingerprint density at radius 2 is 1.43 bits per heavy atom. The van der Waals surface area contributed by atoms with Gasteiger partial charge in [0.05, 0.1) is 12.4 Å². The number of hydrogen-bond acceptors (Lipinski definition) is 8. The van der Waals surface area contributed by atoms with Crippen molar-refractivity contribution in [2.45, 2.75) is 62.7 Å². The van der Waals surface area contributed by atoms with Crippen molar-refractivity contribution in [1.82, 2.24) is 30.9 Å². The fourth-order valence-electron chi connectivity index (χ4n) is 4.79. The highest BCUT2D eigenvalue weighted by atomic mass is 16.4. The van der Waals surface area contributed by atoms with E-state index in [1.165, 1.54) is 12.5 Å². The zero-order valence-electron chi connectivity index (χ0n) is 25.8. The van der Waals surface area contributed by atoms with Crippen LogP contribution in [0.5, 0.6) is 0 Å². The molecule has 4 unspecified atom stereocenters. The quantitative estimate of drug-likeness (QED) is 0.0369. The van der Waals surface area contributed by atoms with Crippen molar-refractivity contribution in [2.24, 2.45) is 38.7 Å². The number of rotatable bonds is 19. The second-order valence-corrected chi connectivity index (χ2v) is 10.9. The predicted molar refractivity (Wildman–Crippen MR) is 176 cm³/mol. The van der Waals surface area contributed by atoms with Crippen molar-refractivity contribution >= 4 is 46.5 Å². The molecule has 18 heteroatoms. The summed E-state index contributed by atoms with van der Waals surface area (Å²) in [7, 11) is 0. The largest absolute Gasteiger partial charge is 0.480 e. The topological polar surface area (TPSA) is 324 Å². The van der Waals surface area contributed by atoms with E-state index in [4.69, 9.17) is 28.7 Å². The van der Waals surface area contributed by atoms with Crippen molar-refractivity contribution in [3.8, 4) is 0 Å². The number of benzene rings is 1. The summed E-state index contributed by atoms with van der Waals surface area (Å²) in [6.07, 6.45) is 5.58. The van der Waals surface area contributed by atoms with Crippen LogP contribution in [0.3, 0.4) is 0 Å². The Morgan fingerprint density at radius 1 is 0.809 bits per heavy atom. The molecule has 0 saturated carbocycles. The highest BCUT2D eigenvalue weighted by molar-refractivity contribution is 5.95. The molecule has 3 aromatic rings. The van der Waals surface area contributed by atoms with Crippen molar-refractivity contribution in [2.75, 3.05) is 13.1 Å². The summed E-state index contributed by atoms with van der Waals surface area (Å²) in [5, 5.41) is 18.6. The highest BCUT2D eigenvalue weighted by Crippen LogP contribution is 2.19. The van der Waals surface area contributed by atoms with Crippen LogP contribution in [0, 0.1) is 0 Å². The van der Waals surface area contributed by atoms with Crippen LogP contribution in [0.2, 0.25) is 0 Å². The molecule has 254 valence electrons. The molecular formula is C29H43N13O5. The fraction of sp³-hybridized carbons (Fsp3) is 0.414. The number of guanidine groups is 2. The number of H-pyrrole nitrogens is 2. The van der Waals surface area contributed by atoms with E-state index >= 15 is 0 Å². The maximum Gasteiger partial charge on any atom is 0.326 e. The van der Waals surface area contributed by atoms with E-state index in [0.717, 1.165) is 10.9 Å². The minimum atomic E-state index is -1.32. The molecule has 2 aromatic heterocycles. The monoisotopic (exact) mass is 653 g/mol. The summed E-state index contributed by atoms with van der Waals surface area (Å²) < 4.78 is 0. The maximum absolute atomic E-state index is 13.7. The van der Waals surface area contributed by atoms with Crippen LogP contribution in [0.1, 0.15) is 36.9 Å². The number of carbonyl (C=O) groups is 4. The minimum absolute atomic E-state index is 0.0109. The third kappa shape index (κ3) is 11.7. The fourth-order valence-corrected chi connectivity index (χ4v) is 4.79. The number of nitrogens with one attached hydrogen (secondary N) is 5. The number of fused-ring (bicyclic) bond motifs is 1. The van der Waals surface area contributed by atoms with Gasteiger partial charge in [-0.1, -0.05) is 18.2 Å². The highest BCUT2D eigenvalue weighted by Gasteiger charge is 2.31. The molecule has 3 amide bonds. The van der Waals surface area contributed by atoms with Gasteiger partial charge in [0, 0.05) is 54.9 Å². The number of aromatic nitrogens is 3. The first kappa shape index (κ1) is 35.8. The molecule has 1 aromatic carbocycles. The van der Waals surface area contributed by atoms with Gasteiger partial charge in [0.15, 0.2) is 11.9 Å². The minimum Gasteiger partial charge on any atom is -0.480 e. The van der Waals surface area contributed by atoms with E-state index in [1.807, 2.05) is 24.3 Å². The SMILES string of the molecule is NC(N)=NCCCC(N)C(=O)NC(CCCN=C(N)N)C(=O)NC(Cc1c[nH]c2ccccc12)C(=O)NC(Cc1cnc[nH]1)C(=O)O. The first-order chi connectivity index (χ1) is 22.4. The molecule has 0 radical (unpaired) electrons. The number of nitrogens with two attached hydrogens (primary N) is 5. The van der Waals surface area contributed by atoms with E-state index in [1.54, 1.807) is 6.20 Å². The lowest BCUT2D eigenvalue weighted by Crippen LogP contribution is -2.57. The van der Waals surface area contributed by atoms with E-state index in [9.17, 15) is 24.3 Å². The molecule has 0 fully saturated rings. The summed E-state index contributed by atoms with van der Waals surface area (Å²) in [4.78, 5) is 70.1. The zero-order chi connectivity index (χ0) is 34.3. The number of para-hydroxylation sites is 1. The second kappa shape index (κ2) is 17.7. The lowest BCUT2D eigenvalue weighted by atomic mass is 10.0. The first-order valence-electron chi connectivity index (χ1n) is 15.0. The Hall–Kier alpha value is -5.65. The van der Waals surface area contributed by atoms with Gasteiger partial charge in [-0.3, -0.25) is 24.4 Å². The van der Waals surface area contributed by atoms with Crippen LogP contribution in [0.25, 0.3) is 10.9 Å². The third-order valence-electron chi connectivity index (χ3n) is 7.21. The Kier molecular flexibility index (Phi) is 13.5. The average Bonchev–Trinajstić information content (AvgIpc) is 3.69. The number of carbonyl (C=O) groups excluding carboxylic acids is 3. The number of imidazole rings is 1. The van der Waals surface area contributed by atoms with E-state index < -0.39 is 47.9 Å². The van der Waals surface area contributed by atoms with Crippen molar-refractivity contribution in [3.63, 3.8) is 0 Å². The number of aromatic amines is 2. The summed E-state index contributed by atoms with van der Waals surface area (Å²) >= 11 is 0. The normalized spacial score (nSPS) is 13.5. The van der Waals surface area contributed by atoms with Crippen LogP contribution in [-0.4, -0.2) is 92.9 Å². The van der Waals surface area contributed by atoms with Gasteiger partial charge in [-0.15, -0.1) is 0 Å². The molecule has 3 rings (SSSR count). The molecule has 16 N–H and O–H groups in total. The molecule has 2 heterocycles. The van der Waals surface area contributed by atoms with Gasteiger partial charge in [0.2, 0.25) is 17.7 Å². The van der Waals surface area contributed by atoms with E-state index in [0.29, 0.717) is 24.1 Å². The Bertz CT molecular complexity index is 1540. The molecule has 0 bridgehead atoms. The number of nitrogens with zero attached hydrogens (tertiary/aromatic N) is 3. The molecule has 4 atom stereocenters. The van der Waals surface area contributed by atoms with E-state index in [2.05, 4.69) is 40.9 Å². The average molecular weight is 654 g/mol. The second-order valence-electron chi connectivity index (χ2n) is 10.9. The van der Waals surface area contributed by atoms with Crippen LogP contribution in [-0.2, 0) is 32.0 Å². The van der Waals surface area contributed by atoms with Gasteiger partial charge in [-0.2, -0.15) is 0 Å². The van der Waals surface area contributed by atoms with Crippen LogP contribution < -0.4 is 44.6 Å². The molecular weight excluding hydrogens is 610 g/mol. The number of aliphatic carboxylic acids is 1. The van der Waals surface area contributed by atoms with Crippen LogP contribution in [0.15, 0.2) is 53.0 Å². The van der Waals surface area contributed by atoms with Gasteiger partial charge in [-0.05, 0) is 37.3 Å². The number of hydrogen-bond donors (Lipinski definition) is 11. The molecule has 0 aliphatic rings. The molecule has 47 heavy (non-hydrogen) atoms. The van der Waals surface area contributed by atoms with Gasteiger partial charge in [-0.25, -0.2) is 9.78 Å². The predicted octanol–water partition coefficient (Wildman–Crippen LogP) is -2.35. The van der Waals surface area contributed by atoms with Crippen LogP contribution >= 0.6 is 0 Å². The van der Waals surface area contributed by atoms with Gasteiger partial charge < -0.3 is 59.7 Å². The maximum atomic E-state index is 13.7. The molecule has 18 nitrogen and oxygen atoms in total. The van der Waals surface area contributed by atoms with E-state index in [-0.39, 0.29) is 50.7 Å². The molecule has 0 aliphatic heterocycles. The number of carboxylic acid groups (broad SMARTS) is 1. The van der Waals surface area contributed by atoms with Crippen molar-refractivity contribution < 1.29 is 24.3 Å². The lowest BCUT2D eigenvalue weighted by molar-refractivity contribution is -0.142. The summed E-state index contributed by atoms with van der Waals surface area (Å²) in [5.74, 6) is -3.50. The molecule has 0 saturated heterocycles. The van der Waals surface area contributed by atoms with Gasteiger partial charge in [0.1, 0.15) is 18.1 Å². The van der Waals surface area contributed by atoms with Gasteiger partial charge >= 0.3 is 5.97 Å². The third-order valence-corrected chi connectivity index (χ3v) is 7.21. The first-order valence-corrected chi connectivity index (χ1v) is 15.0. The lowest BCUT2D eigenvalue weighted by Gasteiger charge is -2.25. The summed E-state index contributed by atoms with van der Waals surface area (Å²) in [6, 6.07) is 2.76. The number of amides is 3. The van der Waals surface area contributed by atoms with Crippen molar-refractivity contribution in [1.29, 1.82) is 0 Å². The molecule has 0 spiro atoms. The smallest absolute Gasteiger partial charge is 0.326 e. The molecule has 0 aliphatic carbocycles. The zero-order valence-corrected chi connectivity index (χ0v) is 25.8. The van der Waals surface area contributed by atoms with Crippen LogP contribution in [0.4, 0.5) is 0 Å². The van der Waals surface area contributed by atoms with Crippen molar-refractivity contribution in [3.05, 3.63) is 54.2 Å². The number of aliphatic imine (C=N–C) groups is 2. The Labute approximate surface area is 270 Å². The van der Waals surface area contributed by atoms with Gasteiger partial charge in [0.25, 0.3) is 0 Å².